The van der Waals surface area contributed by atoms with Crippen molar-refractivity contribution in [1.82, 2.24) is 10.6 Å². The summed E-state index contributed by atoms with van der Waals surface area (Å²) in [6.45, 7) is 0.0348. The first-order valence-corrected chi connectivity index (χ1v) is 6.69. The number of halogens is 3. The lowest BCUT2D eigenvalue weighted by atomic mass is 10.3. The molecule has 1 aromatic carbocycles. The fourth-order valence-electron chi connectivity index (χ4n) is 1.51. The second-order valence-corrected chi connectivity index (χ2v) is 4.37. The third-order valence-corrected chi connectivity index (χ3v) is 2.55. The van der Waals surface area contributed by atoms with Crippen molar-refractivity contribution in [2.45, 2.75) is 19.0 Å². The fraction of sp³-hybridized carbons (Fsp3) is 0.429. The molecule has 0 atom stereocenters. The predicted molar refractivity (Wildman–Crippen MR) is 73.2 cm³/mol. The zero-order chi connectivity index (χ0) is 16.4. The number of carbonyl (C=O) groups is 2. The number of carbonyl (C=O) groups excluding carboxylic acids is 2. The van der Waals surface area contributed by atoms with Gasteiger partial charge in [-0.25, -0.2) is 0 Å². The van der Waals surface area contributed by atoms with Crippen molar-refractivity contribution < 1.29 is 27.5 Å². The lowest BCUT2D eigenvalue weighted by Gasteiger charge is -2.09. The van der Waals surface area contributed by atoms with E-state index in [1.54, 1.807) is 17.4 Å². The number of amides is 2. The molecule has 0 saturated carbocycles. The summed E-state index contributed by atoms with van der Waals surface area (Å²) in [6, 6.07) is 9.11. The van der Waals surface area contributed by atoms with Gasteiger partial charge in [0.05, 0.1) is 6.61 Å². The SMILES string of the molecule is O=C(CCCOc1ccccc1)NCCNC(=O)C(F)(F)F. The van der Waals surface area contributed by atoms with Crippen LogP contribution in [0.3, 0.4) is 0 Å². The average Bonchev–Trinajstić information content (AvgIpc) is 2.48. The standard InChI is InChI=1S/C14H17F3N2O3/c15-14(16,17)13(21)19-9-8-18-12(20)7-4-10-22-11-5-2-1-3-6-11/h1-3,5-6H,4,7-10H2,(H,18,20)(H,19,21). The van der Waals surface area contributed by atoms with E-state index in [1.165, 1.54) is 0 Å². The molecule has 0 heterocycles. The van der Waals surface area contributed by atoms with Gasteiger partial charge < -0.3 is 15.4 Å². The lowest BCUT2D eigenvalue weighted by Crippen LogP contribution is -2.41. The molecule has 2 amide bonds. The zero-order valence-corrected chi connectivity index (χ0v) is 11.8. The van der Waals surface area contributed by atoms with Gasteiger partial charge >= 0.3 is 12.1 Å². The van der Waals surface area contributed by atoms with Gasteiger partial charge in [-0.05, 0) is 18.6 Å². The van der Waals surface area contributed by atoms with Gasteiger partial charge in [-0.2, -0.15) is 13.2 Å². The summed E-state index contributed by atoms with van der Waals surface area (Å²) < 4.78 is 41.0. The molecule has 0 aliphatic rings. The molecule has 0 aromatic heterocycles. The first-order valence-electron chi connectivity index (χ1n) is 6.69. The van der Waals surface area contributed by atoms with E-state index in [9.17, 15) is 22.8 Å². The molecular formula is C14H17F3N2O3. The largest absolute Gasteiger partial charge is 0.494 e. The molecule has 0 aliphatic heterocycles. The molecule has 0 saturated heterocycles. The number of rotatable bonds is 8. The van der Waals surface area contributed by atoms with Crippen LogP contribution in [-0.2, 0) is 9.59 Å². The quantitative estimate of drug-likeness (QED) is 0.716. The van der Waals surface area contributed by atoms with E-state index in [0.29, 0.717) is 18.8 Å². The van der Waals surface area contributed by atoms with Crippen LogP contribution in [-0.4, -0.2) is 37.7 Å². The summed E-state index contributed by atoms with van der Waals surface area (Å²) in [5, 5.41) is 4.07. The van der Waals surface area contributed by atoms with Crippen LogP contribution in [0.5, 0.6) is 5.75 Å². The van der Waals surface area contributed by atoms with Gasteiger partial charge in [-0.1, -0.05) is 18.2 Å². The van der Waals surface area contributed by atoms with Crippen molar-refractivity contribution in [3.8, 4) is 5.75 Å². The molecule has 0 bridgehead atoms. The Balaban J connectivity index is 2.03. The van der Waals surface area contributed by atoms with E-state index < -0.39 is 12.1 Å². The Morgan fingerprint density at radius 3 is 2.32 bits per heavy atom. The summed E-state index contributed by atoms with van der Waals surface area (Å²) in [6.07, 6.45) is -4.23. The van der Waals surface area contributed by atoms with E-state index in [1.807, 2.05) is 18.2 Å². The topological polar surface area (TPSA) is 67.4 Å². The monoisotopic (exact) mass is 318 g/mol. The van der Waals surface area contributed by atoms with Gasteiger partial charge in [0.2, 0.25) is 5.91 Å². The van der Waals surface area contributed by atoms with Crippen LogP contribution < -0.4 is 15.4 Å². The molecule has 8 heteroatoms. The Morgan fingerprint density at radius 2 is 1.68 bits per heavy atom. The van der Waals surface area contributed by atoms with E-state index in [2.05, 4.69) is 5.32 Å². The van der Waals surface area contributed by atoms with E-state index in [0.717, 1.165) is 0 Å². The molecule has 0 aliphatic carbocycles. The Bertz CT molecular complexity index is 478. The fourth-order valence-corrected chi connectivity index (χ4v) is 1.51. The van der Waals surface area contributed by atoms with Crippen molar-refractivity contribution in [3.63, 3.8) is 0 Å². The molecule has 5 nitrogen and oxygen atoms in total. The maximum Gasteiger partial charge on any atom is 0.471 e. The van der Waals surface area contributed by atoms with E-state index in [4.69, 9.17) is 4.74 Å². The van der Waals surface area contributed by atoms with Gasteiger partial charge in [0.15, 0.2) is 0 Å². The number of ether oxygens (including phenoxy) is 1. The number of alkyl halides is 3. The molecule has 0 unspecified atom stereocenters. The van der Waals surface area contributed by atoms with Crippen LogP contribution >= 0.6 is 0 Å². The molecule has 0 spiro atoms. The molecule has 0 fully saturated rings. The first-order chi connectivity index (χ1) is 10.4. The Morgan fingerprint density at radius 1 is 1.05 bits per heavy atom. The van der Waals surface area contributed by atoms with Crippen LogP contribution in [0.4, 0.5) is 13.2 Å². The zero-order valence-electron chi connectivity index (χ0n) is 11.8. The third-order valence-electron chi connectivity index (χ3n) is 2.55. The minimum absolute atomic E-state index is 0.0554. The van der Waals surface area contributed by atoms with Crippen molar-refractivity contribution >= 4 is 11.8 Å². The van der Waals surface area contributed by atoms with Crippen molar-refractivity contribution in [3.05, 3.63) is 30.3 Å². The van der Waals surface area contributed by atoms with Crippen LogP contribution in [0.1, 0.15) is 12.8 Å². The molecule has 22 heavy (non-hydrogen) atoms. The van der Waals surface area contributed by atoms with Gasteiger partial charge in [0, 0.05) is 19.5 Å². The maximum absolute atomic E-state index is 11.9. The molecule has 0 radical (unpaired) electrons. The van der Waals surface area contributed by atoms with Gasteiger partial charge in [-0.15, -0.1) is 0 Å². The number of nitrogens with one attached hydrogen (secondary N) is 2. The summed E-state index contributed by atoms with van der Waals surface area (Å²) in [5.74, 6) is -1.62. The first kappa shape index (κ1) is 17.8. The normalized spacial score (nSPS) is 10.9. The summed E-state index contributed by atoms with van der Waals surface area (Å²) >= 11 is 0. The highest BCUT2D eigenvalue weighted by molar-refractivity contribution is 5.81. The van der Waals surface area contributed by atoms with Crippen LogP contribution in [0, 0.1) is 0 Å². The molecule has 2 N–H and O–H groups in total. The highest BCUT2D eigenvalue weighted by Crippen LogP contribution is 2.13. The predicted octanol–water partition coefficient (Wildman–Crippen LogP) is 1.64. The Labute approximate surface area is 125 Å². The summed E-state index contributed by atoms with van der Waals surface area (Å²) in [4.78, 5) is 21.9. The maximum atomic E-state index is 11.9. The lowest BCUT2D eigenvalue weighted by molar-refractivity contribution is -0.173. The number of hydrogen-bond donors (Lipinski definition) is 2. The van der Waals surface area contributed by atoms with Crippen molar-refractivity contribution in [1.29, 1.82) is 0 Å². The van der Waals surface area contributed by atoms with E-state index in [-0.39, 0.29) is 25.4 Å². The highest BCUT2D eigenvalue weighted by atomic mass is 19.4. The second-order valence-electron chi connectivity index (χ2n) is 4.37. The minimum atomic E-state index is -4.90. The second kappa shape index (κ2) is 8.91. The summed E-state index contributed by atoms with van der Waals surface area (Å²) in [5.41, 5.74) is 0. The van der Waals surface area contributed by atoms with Crippen LogP contribution in [0.2, 0.25) is 0 Å². The van der Waals surface area contributed by atoms with Crippen molar-refractivity contribution in [2.75, 3.05) is 19.7 Å². The number of benzene rings is 1. The third kappa shape index (κ3) is 7.51. The summed E-state index contributed by atoms with van der Waals surface area (Å²) in [7, 11) is 0. The Kier molecular flexibility index (Phi) is 7.21. The van der Waals surface area contributed by atoms with Gasteiger partial charge in [0.25, 0.3) is 0 Å². The minimum Gasteiger partial charge on any atom is -0.494 e. The van der Waals surface area contributed by atoms with Crippen LogP contribution in [0.25, 0.3) is 0 Å². The number of para-hydroxylation sites is 1. The van der Waals surface area contributed by atoms with E-state index >= 15 is 0 Å². The Hall–Kier alpha value is -2.25. The smallest absolute Gasteiger partial charge is 0.471 e. The van der Waals surface area contributed by atoms with Gasteiger partial charge in [-0.3, -0.25) is 9.59 Å². The van der Waals surface area contributed by atoms with Gasteiger partial charge in [0.1, 0.15) is 5.75 Å². The molecule has 1 rings (SSSR count). The molecule has 122 valence electrons. The molecule has 1 aromatic rings. The van der Waals surface area contributed by atoms with Crippen molar-refractivity contribution in [2.24, 2.45) is 0 Å². The highest BCUT2D eigenvalue weighted by Gasteiger charge is 2.38. The van der Waals surface area contributed by atoms with Crippen LogP contribution in [0.15, 0.2) is 30.3 Å². The average molecular weight is 318 g/mol. The number of hydrogen-bond acceptors (Lipinski definition) is 3. The molecular weight excluding hydrogens is 301 g/mol.